The van der Waals surface area contributed by atoms with E-state index in [0.29, 0.717) is 31.1 Å². The Morgan fingerprint density at radius 1 is 0.950 bits per heavy atom. The SMILES string of the molecule is CCOC(Cc1ccc(OCCN(CCCCc2ccccc2)C(=O)Nc2ccc([N+](=O)[O-])cc2)cc1)C(=O)O. The van der Waals surface area contributed by atoms with Gasteiger partial charge in [-0.05, 0) is 61.6 Å². The van der Waals surface area contributed by atoms with Gasteiger partial charge in [-0.1, -0.05) is 42.5 Å². The molecule has 10 nitrogen and oxygen atoms in total. The summed E-state index contributed by atoms with van der Waals surface area (Å²) >= 11 is 0. The van der Waals surface area contributed by atoms with Crippen LogP contribution in [0.3, 0.4) is 0 Å². The van der Waals surface area contributed by atoms with Crippen molar-refractivity contribution in [2.75, 3.05) is 31.6 Å². The zero-order valence-electron chi connectivity index (χ0n) is 22.5. The van der Waals surface area contributed by atoms with Crippen molar-refractivity contribution in [2.45, 2.75) is 38.7 Å². The van der Waals surface area contributed by atoms with Gasteiger partial charge >= 0.3 is 12.0 Å². The number of aliphatic carboxylic acids is 1. The highest BCUT2D eigenvalue weighted by atomic mass is 16.6. The molecule has 0 saturated heterocycles. The topological polar surface area (TPSA) is 131 Å². The smallest absolute Gasteiger partial charge is 0.333 e. The van der Waals surface area contributed by atoms with Crippen LogP contribution >= 0.6 is 0 Å². The summed E-state index contributed by atoms with van der Waals surface area (Å²) in [5.41, 5.74) is 2.47. The summed E-state index contributed by atoms with van der Waals surface area (Å²) in [4.78, 5) is 36.5. The number of hydrogen-bond donors (Lipinski definition) is 2. The third-order valence-corrected chi connectivity index (χ3v) is 6.22. The summed E-state index contributed by atoms with van der Waals surface area (Å²) in [5, 5.41) is 23.0. The molecule has 0 heterocycles. The van der Waals surface area contributed by atoms with E-state index in [1.54, 1.807) is 36.1 Å². The molecule has 10 heteroatoms. The minimum Gasteiger partial charge on any atom is -0.492 e. The van der Waals surface area contributed by atoms with Crippen LogP contribution in [0.25, 0.3) is 0 Å². The third-order valence-electron chi connectivity index (χ3n) is 6.22. The highest BCUT2D eigenvalue weighted by molar-refractivity contribution is 5.89. The Morgan fingerprint density at radius 3 is 2.27 bits per heavy atom. The fourth-order valence-corrected chi connectivity index (χ4v) is 4.09. The zero-order chi connectivity index (χ0) is 28.7. The molecule has 0 aliphatic heterocycles. The van der Waals surface area contributed by atoms with Gasteiger partial charge < -0.3 is 24.8 Å². The molecule has 0 saturated carbocycles. The Labute approximate surface area is 233 Å². The van der Waals surface area contributed by atoms with Gasteiger partial charge in [-0.15, -0.1) is 0 Å². The number of aryl methyl sites for hydroxylation is 1. The van der Waals surface area contributed by atoms with Gasteiger partial charge in [0.1, 0.15) is 12.4 Å². The van der Waals surface area contributed by atoms with Crippen LogP contribution in [0, 0.1) is 10.1 Å². The number of amides is 2. The normalized spacial score (nSPS) is 11.4. The minimum absolute atomic E-state index is 0.0495. The number of urea groups is 1. The molecule has 0 aromatic heterocycles. The van der Waals surface area contributed by atoms with Gasteiger partial charge in [0.2, 0.25) is 0 Å². The number of nitrogens with zero attached hydrogens (tertiary/aromatic N) is 2. The predicted molar refractivity (Wildman–Crippen MR) is 152 cm³/mol. The lowest BCUT2D eigenvalue weighted by atomic mass is 10.1. The lowest BCUT2D eigenvalue weighted by Crippen LogP contribution is -2.38. The highest BCUT2D eigenvalue weighted by Crippen LogP contribution is 2.17. The Hall–Kier alpha value is -4.44. The molecule has 0 bridgehead atoms. The highest BCUT2D eigenvalue weighted by Gasteiger charge is 2.18. The Morgan fingerprint density at radius 2 is 1.65 bits per heavy atom. The number of rotatable bonds is 16. The maximum Gasteiger partial charge on any atom is 0.333 e. The maximum atomic E-state index is 13.1. The van der Waals surface area contributed by atoms with Crippen LogP contribution in [-0.2, 0) is 22.4 Å². The van der Waals surface area contributed by atoms with Crippen molar-refractivity contribution in [2.24, 2.45) is 0 Å². The van der Waals surface area contributed by atoms with Crippen molar-refractivity contribution in [3.8, 4) is 5.75 Å². The van der Waals surface area contributed by atoms with E-state index < -0.39 is 17.0 Å². The van der Waals surface area contributed by atoms with Gasteiger partial charge in [0.15, 0.2) is 6.10 Å². The van der Waals surface area contributed by atoms with Crippen LogP contribution in [0.15, 0.2) is 78.9 Å². The molecule has 3 aromatic rings. The standard InChI is InChI=1S/C30H35N3O7/c1-2-39-28(29(34)35)22-24-11-17-27(18-12-24)40-21-20-32(19-7-6-10-23-8-4-3-5-9-23)30(36)31-25-13-15-26(16-14-25)33(37)38/h3-5,8-9,11-18,28H,2,6-7,10,19-22H2,1H3,(H,31,36)(H,34,35). The zero-order valence-corrected chi connectivity index (χ0v) is 22.5. The molecule has 1 unspecified atom stereocenters. The molecule has 2 amide bonds. The molecule has 0 aliphatic rings. The van der Waals surface area contributed by atoms with E-state index in [-0.39, 0.29) is 24.7 Å². The van der Waals surface area contributed by atoms with Crippen LogP contribution in [0.4, 0.5) is 16.2 Å². The van der Waals surface area contributed by atoms with Crippen molar-refractivity contribution >= 4 is 23.4 Å². The number of ether oxygens (including phenoxy) is 2. The molecule has 212 valence electrons. The molecule has 2 N–H and O–H groups in total. The molecule has 0 fully saturated rings. The number of nitrogens with one attached hydrogen (secondary N) is 1. The van der Waals surface area contributed by atoms with Crippen LogP contribution in [-0.4, -0.2) is 59.3 Å². The van der Waals surface area contributed by atoms with E-state index in [1.807, 2.05) is 18.2 Å². The van der Waals surface area contributed by atoms with Gasteiger partial charge in [0.05, 0.1) is 11.5 Å². The molecular weight excluding hydrogens is 514 g/mol. The Kier molecular flexibility index (Phi) is 11.9. The van der Waals surface area contributed by atoms with Crippen molar-refractivity contribution in [3.63, 3.8) is 0 Å². The molecule has 1 atom stereocenters. The van der Waals surface area contributed by atoms with E-state index in [0.717, 1.165) is 24.8 Å². The van der Waals surface area contributed by atoms with E-state index in [9.17, 15) is 24.8 Å². The average Bonchev–Trinajstić information content (AvgIpc) is 2.95. The van der Waals surface area contributed by atoms with E-state index in [4.69, 9.17) is 9.47 Å². The Balaban J connectivity index is 1.55. The van der Waals surface area contributed by atoms with Gasteiger partial charge in [-0.25, -0.2) is 9.59 Å². The molecule has 3 rings (SSSR count). The lowest BCUT2D eigenvalue weighted by Gasteiger charge is -2.23. The first-order valence-electron chi connectivity index (χ1n) is 13.3. The fourth-order valence-electron chi connectivity index (χ4n) is 4.09. The summed E-state index contributed by atoms with van der Waals surface area (Å²) in [7, 11) is 0. The number of nitro benzene ring substituents is 1. The molecular formula is C30H35N3O7. The van der Waals surface area contributed by atoms with Crippen molar-refractivity contribution in [3.05, 3.63) is 100 Å². The number of anilines is 1. The van der Waals surface area contributed by atoms with Crippen LogP contribution in [0.2, 0.25) is 0 Å². The summed E-state index contributed by atoms with van der Waals surface area (Å²) < 4.78 is 11.1. The number of carboxylic acids is 1. The lowest BCUT2D eigenvalue weighted by molar-refractivity contribution is -0.384. The largest absolute Gasteiger partial charge is 0.492 e. The number of hydrogen-bond acceptors (Lipinski definition) is 6. The van der Waals surface area contributed by atoms with Crippen LogP contribution < -0.4 is 10.1 Å². The van der Waals surface area contributed by atoms with Gasteiger partial charge in [0, 0.05) is 37.4 Å². The number of non-ortho nitro benzene ring substituents is 1. The first-order valence-corrected chi connectivity index (χ1v) is 13.3. The summed E-state index contributed by atoms with van der Waals surface area (Å²) in [6, 6.07) is 22.7. The van der Waals surface area contributed by atoms with Crippen molar-refractivity contribution in [1.29, 1.82) is 0 Å². The predicted octanol–water partition coefficient (Wildman–Crippen LogP) is 5.56. The van der Waals surface area contributed by atoms with E-state index >= 15 is 0 Å². The van der Waals surface area contributed by atoms with Crippen molar-refractivity contribution < 1.29 is 29.1 Å². The number of carbonyl (C=O) groups excluding carboxylic acids is 1. The molecule has 0 aliphatic carbocycles. The van der Waals surface area contributed by atoms with Crippen molar-refractivity contribution in [1.82, 2.24) is 4.90 Å². The average molecular weight is 550 g/mol. The van der Waals surface area contributed by atoms with Crippen LogP contribution in [0.5, 0.6) is 5.75 Å². The number of carboxylic acid groups (broad SMARTS) is 1. The summed E-state index contributed by atoms with van der Waals surface area (Å²) in [6.07, 6.45) is 1.96. The second kappa shape index (κ2) is 15.8. The second-order valence-electron chi connectivity index (χ2n) is 9.14. The quantitative estimate of drug-likeness (QED) is 0.136. The molecule has 0 radical (unpaired) electrons. The monoisotopic (exact) mass is 549 g/mol. The Bertz CT molecular complexity index is 1220. The van der Waals surface area contributed by atoms with E-state index in [2.05, 4.69) is 17.4 Å². The minimum atomic E-state index is -1.00. The first-order chi connectivity index (χ1) is 19.4. The number of benzene rings is 3. The van der Waals surface area contributed by atoms with Gasteiger partial charge in [-0.3, -0.25) is 10.1 Å². The number of carbonyl (C=O) groups is 2. The fraction of sp³-hybridized carbons (Fsp3) is 0.333. The maximum absolute atomic E-state index is 13.1. The molecule has 40 heavy (non-hydrogen) atoms. The van der Waals surface area contributed by atoms with Crippen LogP contribution in [0.1, 0.15) is 30.9 Å². The van der Waals surface area contributed by atoms with E-state index in [1.165, 1.54) is 29.8 Å². The summed E-state index contributed by atoms with van der Waals surface area (Å²) in [6.45, 7) is 3.17. The number of unbranched alkanes of at least 4 members (excludes halogenated alkanes) is 1. The first kappa shape index (κ1) is 30.1. The summed E-state index contributed by atoms with van der Waals surface area (Å²) in [5.74, 6) is -0.398. The van der Waals surface area contributed by atoms with Gasteiger partial charge in [0.25, 0.3) is 5.69 Å². The molecule has 3 aromatic carbocycles. The molecule has 0 spiro atoms. The van der Waals surface area contributed by atoms with Gasteiger partial charge in [-0.2, -0.15) is 0 Å². The third kappa shape index (κ3) is 10.0. The number of nitro groups is 1. The second-order valence-corrected chi connectivity index (χ2v) is 9.14.